The molecule has 0 saturated carbocycles. The van der Waals surface area contributed by atoms with Gasteiger partial charge in [-0.05, 0) is 24.3 Å². The van der Waals surface area contributed by atoms with Gasteiger partial charge in [0.2, 0.25) is 0 Å². The Hall–Kier alpha value is -2.33. The largest absolute Gasteiger partial charge is 0.478 e. The Kier molecular flexibility index (Phi) is 4.38. The quantitative estimate of drug-likeness (QED) is 0.851. The number of benzene rings is 2. The molecule has 0 spiro atoms. The van der Waals surface area contributed by atoms with Gasteiger partial charge in [0.25, 0.3) is 0 Å². The van der Waals surface area contributed by atoms with Gasteiger partial charge in [0.05, 0.1) is 5.02 Å². The highest BCUT2D eigenvalue weighted by Gasteiger charge is 2.10. The lowest BCUT2D eigenvalue weighted by Crippen LogP contribution is -1.92. The molecule has 2 aromatic carbocycles. The maximum Gasteiger partial charge on any atom is 0.328 e. The molecule has 0 atom stereocenters. The number of para-hydroxylation sites is 2. The van der Waals surface area contributed by atoms with Crippen LogP contribution in [-0.4, -0.2) is 11.1 Å². The smallest absolute Gasteiger partial charge is 0.328 e. The third-order valence-corrected chi connectivity index (χ3v) is 2.75. The standard InChI is InChI=1S/C15H10ClFO3/c16-11-5-3-4-10(8-9-14(18)19)15(11)20-13-7-2-1-6-12(13)17/h1-9H,(H,18,19)/b9-8+. The molecule has 0 heterocycles. The molecule has 0 aliphatic heterocycles. The summed E-state index contributed by atoms with van der Waals surface area (Å²) in [4.78, 5) is 10.6. The van der Waals surface area contributed by atoms with Crippen LogP contribution in [-0.2, 0) is 4.79 Å². The predicted molar refractivity (Wildman–Crippen MR) is 74.6 cm³/mol. The molecule has 20 heavy (non-hydrogen) atoms. The molecule has 0 fully saturated rings. The Bertz CT molecular complexity index is 668. The topological polar surface area (TPSA) is 46.5 Å². The van der Waals surface area contributed by atoms with E-state index in [0.717, 1.165) is 6.08 Å². The summed E-state index contributed by atoms with van der Waals surface area (Å²) < 4.78 is 19.0. The maximum atomic E-state index is 13.6. The molecular weight excluding hydrogens is 283 g/mol. The van der Waals surface area contributed by atoms with Gasteiger partial charge in [0.1, 0.15) is 0 Å². The second-order valence-corrected chi connectivity index (χ2v) is 4.27. The zero-order valence-electron chi connectivity index (χ0n) is 10.2. The van der Waals surface area contributed by atoms with Gasteiger partial charge >= 0.3 is 5.97 Å². The minimum absolute atomic E-state index is 0.0191. The number of carboxylic acids is 1. The van der Waals surface area contributed by atoms with Gasteiger partial charge < -0.3 is 9.84 Å². The lowest BCUT2D eigenvalue weighted by atomic mass is 10.2. The molecule has 0 amide bonds. The monoisotopic (exact) mass is 292 g/mol. The molecule has 0 bridgehead atoms. The molecule has 5 heteroatoms. The van der Waals surface area contributed by atoms with Gasteiger partial charge in [-0.3, -0.25) is 0 Å². The van der Waals surface area contributed by atoms with E-state index in [1.807, 2.05) is 0 Å². The number of ether oxygens (including phenoxy) is 1. The number of aliphatic carboxylic acids is 1. The van der Waals surface area contributed by atoms with Gasteiger partial charge in [-0.15, -0.1) is 0 Å². The summed E-state index contributed by atoms with van der Waals surface area (Å²) in [6.45, 7) is 0. The SMILES string of the molecule is O=C(O)/C=C/c1cccc(Cl)c1Oc1ccccc1F. The highest BCUT2D eigenvalue weighted by molar-refractivity contribution is 6.32. The van der Waals surface area contributed by atoms with Gasteiger partial charge in [-0.25, -0.2) is 9.18 Å². The Morgan fingerprint density at radius 3 is 2.65 bits per heavy atom. The average Bonchev–Trinajstić information content (AvgIpc) is 2.41. The van der Waals surface area contributed by atoms with Gasteiger partial charge in [0.15, 0.2) is 17.3 Å². The van der Waals surface area contributed by atoms with E-state index in [2.05, 4.69) is 0 Å². The molecule has 2 aromatic rings. The van der Waals surface area contributed by atoms with Gasteiger partial charge in [0, 0.05) is 11.6 Å². The van der Waals surface area contributed by atoms with Crippen molar-refractivity contribution < 1.29 is 19.0 Å². The Labute approximate surface area is 119 Å². The molecule has 0 saturated heterocycles. The van der Waals surface area contributed by atoms with E-state index in [1.54, 1.807) is 30.3 Å². The summed E-state index contributed by atoms with van der Waals surface area (Å²) in [6, 6.07) is 10.7. The molecule has 3 nitrogen and oxygen atoms in total. The molecule has 102 valence electrons. The van der Waals surface area contributed by atoms with Crippen LogP contribution >= 0.6 is 11.6 Å². The molecule has 0 aromatic heterocycles. The van der Waals surface area contributed by atoms with E-state index in [-0.39, 0.29) is 16.5 Å². The zero-order valence-corrected chi connectivity index (χ0v) is 11.0. The summed E-state index contributed by atoms with van der Waals surface area (Å²) in [7, 11) is 0. The lowest BCUT2D eigenvalue weighted by Gasteiger charge is -2.11. The van der Waals surface area contributed by atoms with Crippen molar-refractivity contribution in [2.75, 3.05) is 0 Å². The van der Waals surface area contributed by atoms with E-state index in [4.69, 9.17) is 21.4 Å². The van der Waals surface area contributed by atoms with Crippen LogP contribution in [0.2, 0.25) is 5.02 Å². The first-order valence-corrected chi connectivity index (χ1v) is 6.07. The number of halogens is 2. The Balaban J connectivity index is 2.40. The van der Waals surface area contributed by atoms with Crippen LogP contribution in [0, 0.1) is 5.82 Å². The minimum Gasteiger partial charge on any atom is -0.478 e. The van der Waals surface area contributed by atoms with Crippen LogP contribution < -0.4 is 4.74 Å². The molecule has 0 unspecified atom stereocenters. The van der Waals surface area contributed by atoms with Crippen molar-refractivity contribution in [1.29, 1.82) is 0 Å². The number of hydrogen-bond acceptors (Lipinski definition) is 2. The van der Waals surface area contributed by atoms with Gasteiger partial charge in [-0.1, -0.05) is 35.9 Å². The van der Waals surface area contributed by atoms with Crippen molar-refractivity contribution in [2.24, 2.45) is 0 Å². The lowest BCUT2D eigenvalue weighted by molar-refractivity contribution is -0.131. The number of hydrogen-bond donors (Lipinski definition) is 1. The number of carboxylic acid groups (broad SMARTS) is 1. The van der Waals surface area contributed by atoms with E-state index >= 15 is 0 Å². The summed E-state index contributed by atoms with van der Waals surface area (Å²) in [5, 5.41) is 8.91. The van der Waals surface area contributed by atoms with E-state index in [9.17, 15) is 9.18 Å². The molecule has 0 aliphatic carbocycles. The van der Waals surface area contributed by atoms with Crippen molar-refractivity contribution >= 4 is 23.6 Å². The third-order valence-electron chi connectivity index (χ3n) is 2.45. The first-order valence-electron chi connectivity index (χ1n) is 5.70. The summed E-state index contributed by atoms with van der Waals surface area (Å²) in [5.74, 6) is -1.40. The Morgan fingerprint density at radius 1 is 1.20 bits per heavy atom. The molecule has 0 aliphatic rings. The van der Waals surface area contributed by atoms with Crippen molar-refractivity contribution in [1.82, 2.24) is 0 Å². The van der Waals surface area contributed by atoms with Crippen LogP contribution in [0.25, 0.3) is 6.08 Å². The van der Waals surface area contributed by atoms with E-state index in [0.29, 0.717) is 5.56 Å². The van der Waals surface area contributed by atoms with E-state index < -0.39 is 11.8 Å². The fraction of sp³-hybridized carbons (Fsp3) is 0. The van der Waals surface area contributed by atoms with Crippen LogP contribution in [0.1, 0.15) is 5.56 Å². The highest BCUT2D eigenvalue weighted by Crippen LogP contribution is 2.34. The van der Waals surface area contributed by atoms with Crippen molar-refractivity contribution in [3.05, 3.63) is 64.9 Å². The third kappa shape index (κ3) is 3.36. The second-order valence-electron chi connectivity index (χ2n) is 3.86. The van der Waals surface area contributed by atoms with Crippen LogP contribution in [0.4, 0.5) is 4.39 Å². The number of rotatable bonds is 4. The molecule has 2 rings (SSSR count). The average molecular weight is 293 g/mol. The zero-order chi connectivity index (χ0) is 14.5. The summed E-state index contributed by atoms with van der Waals surface area (Å²) in [5.41, 5.74) is 0.447. The summed E-state index contributed by atoms with van der Waals surface area (Å²) in [6.07, 6.45) is 2.30. The first kappa shape index (κ1) is 14.1. The van der Waals surface area contributed by atoms with Gasteiger partial charge in [-0.2, -0.15) is 0 Å². The van der Waals surface area contributed by atoms with Crippen LogP contribution in [0.5, 0.6) is 11.5 Å². The number of carbonyl (C=O) groups is 1. The fourth-order valence-electron chi connectivity index (χ4n) is 1.56. The molecule has 1 N–H and O–H groups in total. The molecule has 0 radical (unpaired) electrons. The summed E-state index contributed by atoms with van der Waals surface area (Å²) >= 11 is 6.02. The van der Waals surface area contributed by atoms with Crippen molar-refractivity contribution in [3.63, 3.8) is 0 Å². The predicted octanol–water partition coefficient (Wildman–Crippen LogP) is 4.37. The highest BCUT2D eigenvalue weighted by atomic mass is 35.5. The van der Waals surface area contributed by atoms with Crippen molar-refractivity contribution in [2.45, 2.75) is 0 Å². The van der Waals surface area contributed by atoms with Crippen molar-refractivity contribution in [3.8, 4) is 11.5 Å². The normalized spacial score (nSPS) is 10.7. The maximum absolute atomic E-state index is 13.6. The Morgan fingerprint density at radius 2 is 1.95 bits per heavy atom. The second kappa shape index (κ2) is 6.21. The van der Waals surface area contributed by atoms with Crippen LogP contribution in [0.3, 0.4) is 0 Å². The van der Waals surface area contributed by atoms with Crippen LogP contribution in [0.15, 0.2) is 48.5 Å². The minimum atomic E-state index is -1.10. The fourth-order valence-corrected chi connectivity index (χ4v) is 1.78. The molecular formula is C15H10ClFO3. The first-order chi connectivity index (χ1) is 9.58. The van der Waals surface area contributed by atoms with E-state index in [1.165, 1.54) is 18.2 Å².